The van der Waals surface area contributed by atoms with Gasteiger partial charge in [-0.2, -0.15) is 0 Å². The number of amides is 1. The third-order valence-electron chi connectivity index (χ3n) is 8.94. The summed E-state index contributed by atoms with van der Waals surface area (Å²) < 4.78 is 0. The summed E-state index contributed by atoms with van der Waals surface area (Å²) >= 11 is 0. The van der Waals surface area contributed by atoms with Crippen molar-refractivity contribution in [1.29, 1.82) is 0 Å². The molecular formula is C30H36N4O2. The normalized spacial score (nSPS) is 27.2. The number of fused-ring (bicyclic) bond motifs is 2. The number of benzene rings is 2. The number of carbonyl (C=O) groups is 1. The van der Waals surface area contributed by atoms with Crippen LogP contribution in [0.15, 0.2) is 54.6 Å². The van der Waals surface area contributed by atoms with Crippen LogP contribution in [0.25, 0.3) is 10.9 Å². The average Bonchev–Trinajstić information content (AvgIpc) is 2.94. The fourth-order valence-electron chi connectivity index (χ4n) is 6.96. The van der Waals surface area contributed by atoms with Gasteiger partial charge in [-0.05, 0) is 50.7 Å². The highest BCUT2D eigenvalue weighted by Gasteiger charge is 2.51. The number of aromatic nitrogens is 2. The number of hydrogen-bond acceptors (Lipinski definition) is 5. The van der Waals surface area contributed by atoms with Gasteiger partial charge in [0.15, 0.2) is 0 Å². The van der Waals surface area contributed by atoms with E-state index in [9.17, 15) is 9.90 Å². The first-order valence-electron chi connectivity index (χ1n) is 13.6. The van der Waals surface area contributed by atoms with Gasteiger partial charge in [0.05, 0.1) is 16.8 Å². The smallest absolute Gasteiger partial charge is 0.226 e. The summed E-state index contributed by atoms with van der Waals surface area (Å²) in [4.78, 5) is 27.8. The van der Waals surface area contributed by atoms with Crippen LogP contribution in [0.4, 0.5) is 5.95 Å². The molecule has 1 amide bonds. The highest BCUT2D eigenvalue weighted by molar-refractivity contribution is 5.82. The first-order chi connectivity index (χ1) is 17.5. The Morgan fingerprint density at radius 1 is 0.917 bits per heavy atom. The Morgan fingerprint density at radius 3 is 2.44 bits per heavy atom. The van der Waals surface area contributed by atoms with Gasteiger partial charge in [-0.1, -0.05) is 61.4 Å². The minimum Gasteiger partial charge on any atom is -0.385 e. The molecule has 0 bridgehead atoms. The zero-order chi connectivity index (χ0) is 24.7. The molecule has 3 fully saturated rings. The van der Waals surface area contributed by atoms with E-state index in [2.05, 4.69) is 28.0 Å². The fourth-order valence-corrected chi connectivity index (χ4v) is 6.96. The second-order valence-corrected chi connectivity index (χ2v) is 10.9. The van der Waals surface area contributed by atoms with Crippen molar-refractivity contribution in [3.63, 3.8) is 0 Å². The summed E-state index contributed by atoms with van der Waals surface area (Å²) in [5.41, 5.74) is 2.14. The molecule has 2 aromatic carbocycles. The Hall–Kier alpha value is -2.99. The minimum atomic E-state index is -0.836. The second-order valence-electron chi connectivity index (χ2n) is 10.9. The molecule has 2 saturated heterocycles. The number of piperidine rings is 2. The van der Waals surface area contributed by atoms with E-state index >= 15 is 0 Å². The Balaban J connectivity index is 1.16. The van der Waals surface area contributed by atoms with E-state index in [0.29, 0.717) is 13.0 Å². The number of likely N-dealkylation sites (tertiary alicyclic amines) is 1. The van der Waals surface area contributed by atoms with Crippen LogP contribution < -0.4 is 4.90 Å². The maximum Gasteiger partial charge on any atom is 0.226 e. The van der Waals surface area contributed by atoms with E-state index in [1.807, 2.05) is 43.3 Å². The Labute approximate surface area is 213 Å². The first kappa shape index (κ1) is 23.4. The van der Waals surface area contributed by atoms with Gasteiger partial charge in [-0.25, -0.2) is 9.97 Å². The molecule has 0 spiro atoms. The van der Waals surface area contributed by atoms with E-state index < -0.39 is 5.60 Å². The number of anilines is 1. The molecule has 0 radical (unpaired) electrons. The van der Waals surface area contributed by atoms with E-state index in [1.165, 1.54) is 0 Å². The van der Waals surface area contributed by atoms with Crippen molar-refractivity contribution in [3.05, 3.63) is 65.9 Å². The molecule has 1 saturated carbocycles. The van der Waals surface area contributed by atoms with Crippen molar-refractivity contribution >= 4 is 22.8 Å². The van der Waals surface area contributed by atoms with Crippen molar-refractivity contribution in [2.45, 2.75) is 63.5 Å². The Morgan fingerprint density at radius 2 is 1.64 bits per heavy atom. The number of aryl methyl sites for hydroxylation is 1. The molecule has 6 heteroatoms. The molecule has 1 aromatic heterocycles. The largest absolute Gasteiger partial charge is 0.385 e. The van der Waals surface area contributed by atoms with Crippen molar-refractivity contribution < 1.29 is 9.90 Å². The summed E-state index contributed by atoms with van der Waals surface area (Å²) in [5, 5.41) is 12.9. The molecular weight excluding hydrogens is 448 g/mol. The summed E-state index contributed by atoms with van der Waals surface area (Å²) in [6.45, 7) is 4.27. The number of nitrogens with zero attached hydrogens (tertiary/aromatic N) is 4. The molecule has 3 atom stereocenters. The van der Waals surface area contributed by atoms with E-state index in [0.717, 1.165) is 79.7 Å². The van der Waals surface area contributed by atoms with Crippen molar-refractivity contribution in [2.24, 2.45) is 11.8 Å². The molecule has 3 aliphatic rings. The second kappa shape index (κ2) is 9.47. The van der Waals surface area contributed by atoms with Crippen LogP contribution in [0.1, 0.15) is 56.2 Å². The Kier molecular flexibility index (Phi) is 6.16. The van der Waals surface area contributed by atoms with Gasteiger partial charge >= 0.3 is 0 Å². The third-order valence-corrected chi connectivity index (χ3v) is 8.94. The van der Waals surface area contributed by atoms with E-state index in [-0.39, 0.29) is 23.8 Å². The van der Waals surface area contributed by atoms with Gasteiger partial charge in [-0.15, -0.1) is 0 Å². The quantitative estimate of drug-likeness (QED) is 0.577. The molecule has 2 aliphatic heterocycles. The van der Waals surface area contributed by atoms with E-state index in [4.69, 9.17) is 9.97 Å². The van der Waals surface area contributed by atoms with Crippen LogP contribution in [0.2, 0.25) is 0 Å². The number of rotatable bonds is 3. The summed E-state index contributed by atoms with van der Waals surface area (Å²) in [5.74, 6) is 1.21. The average molecular weight is 485 g/mol. The van der Waals surface area contributed by atoms with E-state index in [1.54, 1.807) is 0 Å². The molecule has 6 nitrogen and oxygen atoms in total. The lowest BCUT2D eigenvalue weighted by atomic mass is 9.66. The lowest BCUT2D eigenvalue weighted by molar-refractivity contribution is -0.159. The number of para-hydroxylation sites is 1. The predicted molar refractivity (Wildman–Crippen MR) is 142 cm³/mol. The zero-order valence-corrected chi connectivity index (χ0v) is 21.1. The summed E-state index contributed by atoms with van der Waals surface area (Å²) in [6, 6.07) is 18.4. The predicted octanol–water partition coefficient (Wildman–Crippen LogP) is 4.83. The number of hydrogen-bond donors (Lipinski definition) is 1. The molecule has 188 valence electrons. The highest BCUT2D eigenvalue weighted by atomic mass is 16.3. The SMILES string of the molecule is Cc1nc(N2CCC(C(=O)N3CC[C@](O)(c4ccccc4)[C@@H]4CCCC[C@H]43)CC2)nc2ccccc12. The number of aliphatic hydroxyl groups is 1. The monoisotopic (exact) mass is 484 g/mol. The van der Waals surface area contributed by atoms with Gasteiger partial charge in [0.2, 0.25) is 11.9 Å². The maximum atomic E-state index is 13.8. The van der Waals surface area contributed by atoms with Gasteiger partial charge in [0, 0.05) is 42.9 Å². The molecule has 3 heterocycles. The zero-order valence-electron chi connectivity index (χ0n) is 21.1. The highest BCUT2D eigenvalue weighted by Crippen LogP contribution is 2.47. The molecule has 1 N–H and O–H groups in total. The molecule has 3 aromatic rings. The standard InChI is InChI=1S/C30H36N4O2/c1-21-24-11-5-7-13-26(24)32-29(31-21)33-18-15-22(16-19-33)28(35)34-20-17-30(36,23-9-3-2-4-10-23)25-12-6-8-14-27(25)34/h2-5,7,9-11,13,22,25,27,36H,6,8,12,14-20H2,1H3/t25-,27-,30+/m1/s1. The van der Waals surface area contributed by atoms with Crippen LogP contribution in [0.5, 0.6) is 0 Å². The topological polar surface area (TPSA) is 69.6 Å². The fraction of sp³-hybridized carbons (Fsp3) is 0.500. The molecule has 36 heavy (non-hydrogen) atoms. The lowest BCUT2D eigenvalue weighted by Gasteiger charge is -2.53. The lowest BCUT2D eigenvalue weighted by Crippen LogP contribution is -2.60. The van der Waals surface area contributed by atoms with Gasteiger partial charge in [0.25, 0.3) is 0 Å². The van der Waals surface area contributed by atoms with Crippen LogP contribution in [0.3, 0.4) is 0 Å². The van der Waals surface area contributed by atoms with Gasteiger partial charge in [-0.3, -0.25) is 4.79 Å². The van der Waals surface area contributed by atoms with Gasteiger partial charge < -0.3 is 14.9 Å². The van der Waals surface area contributed by atoms with Crippen molar-refractivity contribution in [2.75, 3.05) is 24.5 Å². The third kappa shape index (κ3) is 4.05. The molecule has 0 unspecified atom stereocenters. The van der Waals surface area contributed by atoms with Crippen molar-refractivity contribution in [1.82, 2.24) is 14.9 Å². The maximum absolute atomic E-state index is 13.8. The van der Waals surface area contributed by atoms with Crippen LogP contribution >= 0.6 is 0 Å². The van der Waals surface area contributed by atoms with Crippen LogP contribution in [0, 0.1) is 18.8 Å². The number of carbonyl (C=O) groups excluding carboxylic acids is 1. The van der Waals surface area contributed by atoms with Crippen molar-refractivity contribution in [3.8, 4) is 0 Å². The molecule has 6 rings (SSSR count). The Bertz CT molecular complexity index is 1240. The minimum absolute atomic E-state index is 0.0355. The summed E-state index contributed by atoms with van der Waals surface area (Å²) in [7, 11) is 0. The van der Waals surface area contributed by atoms with Crippen LogP contribution in [-0.4, -0.2) is 51.6 Å². The summed E-state index contributed by atoms with van der Waals surface area (Å²) in [6.07, 6.45) is 6.50. The van der Waals surface area contributed by atoms with Gasteiger partial charge in [0.1, 0.15) is 0 Å². The molecule has 1 aliphatic carbocycles. The first-order valence-corrected chi connectivity index (χ1v) is 13.6. The van der Waals surface area contributed by atoms with Crippen LogP contribution in [-0.2, 0) is 10.4 Å².